The van der Waals surface area contributed by atoms with Crippen molar-refractivity contribution >= 4 is 5.78 Å². The third-order valence-corrected chi connectivity index (χ3v) is 2.24. The number of Topliss-reactive ketones (excluding diaryl/α,β-unsaturated/α-hetero) is 1. The number of carbonyl (C=O) groups excluding carboxylic acids is 1. The summed E-state index contributed by atoms with van der Waals surface area (Å²) in [5, 5.41) is 18.9. The lowest BCUT2D eigenvalue weighted by Crippen LogP contribution is -2.20. The van der Waals surface area contributed by atoms with Crippen LogP contribution in [0.25, 0.3) is 0 Å². The minimum absolute atomic E-state index is 0.00189. The van der Waals surface area contributed by atoms with Crippen LogP contribution in [0.4, 0.5) is 0 Å². The van der Waals surface area contributed by atoms with Gasteiger partial charge in [-0.1, -0.05) is 20.8 Å². The van der Waals surface area contributed by atoms with Crippen molar-refractivity contribution in [1.82, 2.24) is 0 Å². The molecule has 2 N–H and O–H groups in total. The van der Waals surface area contributed by atoms with Crippen LogP contribution >= 0.6 is 0 Å². The van der Waals surface area contributed by atoms with Crippen molar-refractivity contribution in [2.75, 3.05) is 0 Å². The molecule has 82 valence electrons. The summed E-state index contributed by atoms with van der Waals surface area (Å²) in [6.07, 6.45) is 0. The second-order valence-electron chi connectivity index (χ2n) is 4.73. The molecule has 15 heavy (non-hydrogen) atoms. The number of aryl methyl sites for hydroxylation is 1. The highest BCUT2D eigenvalue weighted by Crippen LogP contribution is 2.31. The normalized spacial score (nSPS) is 11.5. The Morgan fingerprint density at radius 2 is 1.67 bits per heavy atom. The van der Waals surface area contributed by atoms with Crippen LogP contribution < -0.4 is 0 Å². The van der Waals surface area contributed by atoms with E-state index in [2.05, 4.69) is 0 Å². The number of aromatic hydroxyl groups is 2. The number of benzene rings is 1. The van der Waals surface area contributed by atoms with Crippen molar-refractivity contribution in [3.63, 3.8) is 0 Å². The molecule has 1 aromatic rings. The Kier molecular flexibility index (Phi) is 2.75. The Morgan fingerprint density at radius 1 is 1.13 bits per heavy atom. The van der Waals surface area contributed by atoms with Gasteiger partial charge in [0.25, 0.3) is 0 Å². The fourth-order valence-corrected chi connectivity index (χ4v) is 1.27. The van der Waals surface area contributed by atoms with Crippen LogP contribution in [-0.4, -0.2) is 16.0 Å². The molecule has 0 saturated heterocycles. The van der Waals surface area contributed by atoms with E-state index >= 15 is 0 Å². The van der Waals surface area contributed by atoms with Crippen molar-refractivity contribution < 1.29 is 15.0 Å². The summed E-state index contributed by atoms with van der Waals surface area (Å²) in [5.41, 5.74) is 0.305. The van der Waals surface area contributed by atoms with Crippen molar-refractivity contribution in [3.8, 4) is 11.5 Å². The molecule has 0 aromatic heterocycles. The fraction of sp³-hybridized carbons (Fsp3) is 0.417. The molecule has 0 aliphatic heterocycles. The number of phenolic OH excluding ortho intramolecular Hbond substituents is 2. The smallest absolute Gasteiger partial charge is 0.171 e. The van der Waals surface area contributed by atoms with E-state index in [1.54, 1.807) is 27.7 Å². The number of hydrogen-bond donors (Lipinski definition) is 2. The average molecular weight is 208 g/mol. The first-order chi connectivity index (χ1) is 6.73. The average Bonchev–Trinajstić information content (AvgIpc) is 2.08. The molecule has 0 bridgehead atoms. The van der Waals surface area contributed by atoms with E-state index in [0.29, 0.717) is 5.56 Å². The van der Waals surface area contributed by atoms with E-state index < -0.39 is 5.41 Å². The number of ketones is 1. The summed E-state index contributed by atoms with van der Waals surface area (Å²) < 4.78 is 0. The second kappa shape index (κ2) is 3.57. The van der Waals surface area contributed by atoms with Crippen LogP contribution in [0.1, 0.15) is 36.7 Å². The summed E-state index contributed by atoms with van der Waals surface area (Å²) in [6.45, 7) is 7.05. The monoisotopic (exact) mass is 208 g/mol. The maximum atomic E-state index is 11.9. The topological polar surface area (TPSA) is 57.5 Å². The molecule has 0 atom stereocenters. The van der Waals surface area contributed by atoms with E-state index in [1.807, 2.05) is 0 Å². The number of carbonyl (C=O) groups is 1. The third-order valence-electron chi connectivity index (χ3n) is 2.24. The number of phenols is 2. The standard InChI is InChI=1S/C12H16O3/c1-7-5-8(10(14)6-9(7)13)11(15)12(2,3)4/h5-6,13-14H,1-4H3. The Bertz CT molecular complexity index is 400. The van der Waals surface area contributed by atoms with Gasteiger partial charge in [-0.3, -0.25) is 4.79 Å². The van der Waals surface area contributed by atoms with Crippen LogP contribution in [-0.2, 0) is 0 Å². The lowest BCUT2D eigenvalue weighted by molar-refractivity contribution is 0.0855. The quantitative estimate of drug-likeness (QED) is 0.697. The van der Waals surface area contributed by atoms with Crippen molar-refractivity contribution in [3.05, 3.63) is 23.3 Å². The first kappa shape index (κ1) is 11.6. The summed E-state index contributed by atoms with van der Waals surface area (Å²) in [6, 6.07) is 2.71. The molecule has 3 heteroatoms. The first-order valence-corrected chi connectivity index (χ1v) is 4.81. The maximum Gasteiger partial charge on any atom is 0.171 e. The van der Waals surface area contributed by atoms with Gasteiger partial charge in [-0.15, -0.1) is 0 Å². The summed E-state index contributed by atoms with van der Waals surface area (Å²) in [4.78, 5) is 11.9. The van der Waals surface area contributed by atoms with E-state index in [1.165, 1.54) is 12.1 Å². The molecule has 0 radical (unpaired) electrons. The highest BCUT2D eigenvalue weighted by molar-refractivity contribution is 6.02. The molecule has 0 aliphatic carbocycles. The molecule has 0 spiro atoms. The van der Waals surface area contributed by atoms with Crippen molar-refractivity contribution in [2.45, 2.75) is 27.7 Å². The molecule has 0 aliphatic rings. The van der Waals surface area contributed by atoms with Gasteiger partial charge in [0, 0.05) is 11.5 Å². The molecule has 0 unspecified atom stereocenters. The van der Waals surface area contributed by atoms with Crippen LogP contribution in [0.2, 0.25) is 0 Å². The van der Waals surface area contributed by atoms with Crippen LogP contribution in [0, 0.1) is 12.3 Å². The van der Waals surface area contributed by atoms with Gasteiger partial charge in [-0.05, 0) is 18.6 Å². The van der Waals surface area contributed by atoms with E-state index in [4.69, 9.17) is 0 Å². The number of hydrogen-bond acceptors (Lipinski definition) is 3. The Labute approximate surface area is 89.4 Å². The second-order valence-corrected chi connectivity index (χ2v) is 4.73. The van der Waals surface area contributed by atoms with E-state index in [-0.39, 0.29) is 22.8 Å². The summed E-state index contributed by atoms with van der Waals surface area (Å²) in [7, 11) is 0. The molecule has 1 rings (SSSR count). The van der Waals surface area contributed by atoms with Gasteiger partial charge in [-0.2, -0.15) is 0 Å². The summed E-state index contributed by atoms with van der Waals surface area (Å²) in [5.74, 6) is -0.306. The Balaban J connectivity index is 3.28. The Hall–Kier alpha value is -1.51. The van der Waals surface area contributed by atoms with Crippen molar-refractivity contribution in [1.29, 1.82) is 0 Å². The lowest BCUT2D eigenvalue weighted by Gasteiger charge is -2.17. The molecule has 3 nitrogen and oxygen atoms in total. The number of rotatable bonds is 1. The SMILES string of the molecule is Cc1cc(C(=O)C(C)(C)C)c(O)cc1O. The summed E-state index contributed by atoms with van der Waals surface area (Å²) >= 11 is 0. The molecule has 0 saturated carbocycles. The predicted molar refractivity (Wildman–Crippen MR) is 58.3 cm³/mol. The van der Waals surface area contributed by atoms with Crippen LogP contribution in [0.5, 0.6) is 11.5 Å². The van der Waals surface area contributed by atoms with Gasteiger partial charge in [0.2, 0.25) is 0 Å². The highest BCUT2D eigenvalue weighted by Gasteiger charge is 2.25. The van der Waals surface area contributed by atoms with E-state index in [9.17, 15) is 15.0 Å². The van der Waals surface area contributed by atoms with Gasteiger partial charge < -0.3 is 10.2 Å². The van der Waals surface area contributed by atoms with Gasteiger partial charge in [0.15, 0.2) is 5.78 Å². The zero-order chi connectivity index (χ0) is 11.8. The molecule has 0 amide bonds. The minimum atomic E-state index is -0.541. The highest BCUT2D eigenvalue weighted by atomic mass is 16.3. The molecular formula is C12H16O3. The molecule has 0 heterocycles. The zero-order valence-electron chi connectivity index (χ0n) is 9.46. The lowest BCUT2D eigenvalue weighted by atomic mass is 9.85. The van der Waals surface area contributed by atoms with Crippen LogP contribution in [0.3, 0.4) is 0 Å². The molecule has 0 fully saturated rings. The maximum absolute atomic E-state index is 11.9. The van der Waals surface area contributed by atoms with Gasteiger partial charge in [-0.25, -0.2) is 0 Å². The van der Waals surface area contributed by atoms with Gasteiger partial charge in [0.1, 0.15) is 11.5 Å². The van der Waals surface area contributed by atoms with Crippen LogP contribution in [0.15, 0.2) is 12.1 Å². The largest absolute Gasteiger partial charge is 0.508 e. The zero-order valence-corrected chi connectivity index (χ0v) is 9.46. The van der Waals surface area contributed by atoms with E-state index in [0.717, 1.165) is 0 Å². The van der Waals surface area contributed by atoms with Gasteiger partial charge >= 0.3 is 0 Å². The van der Waals surface area contributed by atoms with Crippen molar-refractivity contribution in [2.24, 2.45) is 5.41 Å². The predicted octanol–water partition coefficient (Wildman–Crippen LogP) is 2.64. The Morgan fingerprint density at radius 3 is 2.13 bits per heavy atom. The fourth-order valence-electron chi connectivity index (χ4n) is 1.27. The molecular weight excluding hydrogens is 192 g/mol. The van der Waals surface area contributed by atoms with Gasteiger partial charge in [0.05, 0.1) is 5.56 Å². The third kappa shape index (κ3) is 2.29. The molecule has 1 aromatic carbocycles. The first-order valence-electron chi connectivity index (χ1n) is 4.81. The minimum Gasteiger partial charge on any atom is -0.508 e.